The fourth-order valence-electron chi connectivity index (χ4n) is 11.5. The molecule has 1 heterocycles. The Morgan fingerprint density at radius 1 is 0.429 bits per heavy atom. The fraction of sp³-hybridized carbons (Fsp3) is 0.956. The summed E-state index contributed by atoms with van der Waals surface area (Å²) < 4.78 is 11.4. The summed E-state index contributed by atoms with van der Waals surface area (Å²) in [5.41, 5.74) is 0. The molecule has 0 aromatic heterocycles. The Balaban J connectivity index is 2.10. The third-order valence-corrected chi connectivity index (χ3v) is 16.9. The van der Waals surface area contributed by atoms with E-state index in [0.717, 1.165) is 38.5 Å². The molecule has 0 aromatic carbocycles. The zero-order valence-electron chi connectivity index (χ0n) is 51.3. The van der Waals surface area contributed by atoms with Crippen molar-refractivity contribution < 1.29 is 39.8 Å². The second kappa shape index (κ2) is 58.1. The fourth-order valence-corrected chi connectivity index (χ4v) is 11.5. The van der Waals surface area contributed by atoms with Crippen molar-refractivity contribution in [1.82, 2.24) is 5.32 Å². The van der Waals surface area contributed by atoms with Gasteiger partial charge in [-0.05, 0) is 38.5 Å². The van der Waals surface area contributed by atoms with Crippen LogP contribution in [0.15, 0.2) is 12.2 Å². The number of ether oxygens (including phenoxy) is 2. The number of amides is 1. The standard InChI is InChI=1S/C68H133NO8/c1-3-5-7-9-11-13-15-17-19-21-23-25-27-28-29-30-31-32-33-34-36-38-40-42-44-46-48-50-52-54-56-58-64(72)69-61(60-76-68-67(75)66(74)65(73)63(59-70)77-68)62(71)57-55-53-51-49-47-45-43-41-39-37-35-26-24-22-20-18-16-14-12-10-8-6-4-2/h21,23,61-63,65-68,70-71,73-75H,3-20,22,24-60H2,1-2H3,(H,69,72)/b23-21-. The maximum Gasteiger partial charge on any atom is 0.220 e. The molecule has 0 aliphatic carbocycles. The zero-order chi connectivity index (χ0) is 55.8. The van der Waals surface area contributed by atoms with Crippen LogP contribution < -0.4 is 5.32 Å². The number of hydrogen-bond donors (Lipinski definition) is 6. The Labute approximate surface area is 477 Å². The van der Waals surface area contributed by atoms with Gasteiger partial charge in [-0.1, -0.05) is 328 Å². The lowest BCUT2D eigenvalue weighted by molar-refractivity contribution is -0.302. The number of hydrogen-bond acceptors (Lipinski definition) is 8. The Morgan fingerprint density at radius 3 is 1.05 bits per heavy atom. The number of aliphatic hydroxyl groups is 5. The largest absolute Gasteiger partial charge is 0.394 e. The number of carbonyl (C=O) groups excluding carboxylic acids is 1. The van der Waals surface area contributed by atoms with Crippen LogP contribution in [0.3, 0.4) is 0 Å². The van der Waals surface area contributed by atoms with Crippen LogP contribution >= 0.6 is 0 Å². The lowest BCUT2D eigenvalue weighted by Gasteiger charge is -2.40. The molecule has 0 saturated carbocycles. The second-order valence-electron chi connectivity index (χ2n) is 24.3. The van der Waals surface area contributed by atoms with E-state index in [0.29, 0.717) is 12.8 Å². The van der Waals surface area contributed by atoms with Gasteiger partial charge in [0.25, 0.3) is 0 Å². The van der Waals surface area contributed by atoms with Gasteiger partial charge >= 0.3 is 0 Å². The number of nitrogens with one attached hydrogen (secondary N) is 1. The van der Waals surface area contributed by atoms with Gasteiger partial charge in [0.15, 0.2) is 6.29 Å². The highest BCUT2D eigenvalue weighted by Gasteiger charge is 2.44. The van der Waals surface area contributed by atoms with E-state index in [-0.39, 0.29) is 12.5 Å². The van der Waals surface area contributed by atoms with Crippen molar-refractivity contribution in [2.75, 3.05) is 13.2 Å². The minimum atomic E-state index is -1.55. The van der Waals surface area contributed by atoms with Gasteiger partial charge in [-0.2, -0.15) is 0 Å². The molecule has 458 valence electrons. The van der Waals surface area contributed by atoms with Crippen molar-refractivity contribution in [3.63, 3.8) is 0 Å². The second-order valence-corrected chi connectivity index (χ2v) is 24.3. The molecule has 7 atom stereocenters. The molecule has 0 radical (unpaired) electrons. The molecule has 6 N–H and O–H groups in total. The van der Waals surface area contributed by atoms with E-state index in [1.807, 2.05) is 0 Å². The van der Waals surface area contributed by atoms with E-state index < -0.39 is 49.5 Å². The van der Waals surface area contributed by atoms with Crippen LogP contribution in [0, 0.1) is 0 Å². The topological polar surface area (TPSA) is 149 Å². The minimum Gasteiger partial charge on any atom is -0.394 e. The Morgan fingerprint density at radius 2 is 0.727 bits per heavy atom. The maximum atomic E-state index is 13.1. The predicted molar refractivity (Wildman–Crippen MR) is 327 cm³/mol. The van der Waals surface area contributed by atoms with Crippen LogP contribution in [0.25, 0.3) is 0 Å². The molecule has 7 unspecified atom stereocenters. The summed E-state index contributed by atoms with van der Waals surface area (Å²) >= 11 is 0. The predicted octanol–water partition coefficient (Wildman–Crippen LogP) is 18.3. The quantitative estimate of drug-likeness (QED) is 0.0261. The van der Waals surface area contributed by atoms with Crippen molar-refractivity contribution in [3.05, 3.63) is 12.2 Å². The third-order valence-electron chi connectivity index (χ3n) is 16.9. The summed E-state index contributed by atoms with van der Waals surface area (Å²) in [5, 5.41) is 54.9. The zero-order valence-corrected chi connectivity index (χ0v) is 51.3. The molecule has 1 saturated heterocycles. The molecule has 1 aliphatic rings. The van der Waals surface area contributed by atoms with Crippen LogP contribution in [0.4, 0.5) is 0 Å². The number of allylic oxidation sites excluding steroid dienone is 2. The summed E-state index contributed by atoms with van der Waals surface area (Å²) in [7, 11) is 0. The summed E-state index contributed by atoms with van der Waals surface area (Å²) in [6, 6.07) is -0.716. The first-order valence-electron chi connectivity index (χ1n) is 34.4. The first kappa shape index (κ1) is 73.9. The van der Waals surface area contributed by atoms with Crippen LogP contribution in [0.2, 0.25) is 0 Å². The van der Waals surface area contributed by atoms with Gasteiger partial charge < -0.3 is 40.3 Å². The highest BCUT2D eigenvalue weighted by Crippen LogP contribution is 2.24. The van der Waals surface area contributed by atoms with Crippen LogP contribution in [-0.2, 0) is 14.3 Å². The van der Waals surface area contributed by atoms with Crippen molar-refractivity contribution in [2.24, 2.45) is 0 Å². The monoisotopic (exact) mass is 1090 g/mol. The number of unbranched alkanes of at least 4 members (excludes halogenated alkanes) is 49. The molecule has 0 spiro atoms. The molecule has 1 amide bonds. The van der Waals surface area contributed by atoms with Gasteiger partial charge in [-0.25, -0.2) is 0 Å². The molecule has 1 fully saturated rings. The van der Waals surface area contributed by atoms with E-state index in [2.05, 4.69) is 31.3 Å². The Bertz CT molecular complexity index is 1220. The Hall–Kier alpha value is -1.07. The van der Waals surface area contributed by atoms with Crippen molar-refractivity contribution in [1.29, 1.82) is 0 Å². The first-order valence-corrected chi connectivity index (χ1v) is 34.4. The molecule has 9 heteroatoms. The van der Waals surface area contributed by atoms with E-state index in [1.54, 1.807) is 0 Å². The van der Waals surface area contributed by atoms with Gasteiger partial charge in [0.2, 0.25) is 5.91 Å². The third kappa shape index (κ3) is 47.2. The molecule has 9 nitrogen and oxygen atoms in total. The molecule has 0 bridgehead atoms. The lowest BCUT2D eigenvalue weighted by Crippen LogP contribution is -2.60. The van der Waals surface area contributed by atoms with E-state index in [1.165, 1.54) is 295 Å². The number of rotatable bonds is 61. The van der Waals surface area contributed by atoms with Crippen molar-refractivity contribution in [3.8, 4) is 0 Å². The maximum absolute atomic E-state index is 13.1. The van der Waals surface area contributed by atoms with E-state index in [4.69, 9.17) is 9.47 Å². The summed E-state index contributed by atoms with van der Waals surface area (Å²) in [4.78, 5) is 13.1. The van der Waals surface area contributed by atoms with Gasteiger partial charge in [0.05, 0.1) is 25.4 Å². The van der Waals surface area contributed by atoms with Gasteiger partial charge in [-0.15, -0.1) is 0 Å². The highest BCUT2D eigenvalue weighted by molar-refractivity contribution is 5.76. The van der Waals surface area contributed by atoms with Crippen molar-refractivity contribution in [2.45, 2.75) is 403 Å². The normalized spacial score (nSPS) is 18.7. The number of aliphatic hydroxyl groups excluding tert-OH is 5. The molecular formula is C68H133NO8. The molecule has 0 aromatic rings. The average molecular weight is 1090 g/mol. The summed E-state index contributed by atoms with van der Waals surface area (Å²) in [6.45, 7) is 3.90. The average Bonchev–Trinajstić information content (AvgIpc) is 3.43. The highest BCUT2D eigenvalue weighted by atomic mass is 16.7. The van der Waals surface area contributed by atoms with Gasteiger partial charge in [0.1, 0.15) is 24.4 Å². The van der Waals surface area contributed by atoms with Crippen LogP contribution in [0.1, 0.15) is 361 Å². The first-order chi connectivity index (χ1) is 37.8. The van der Waals surface area contributed by atoms with Crippen molar-refractivity contribution >= 4 is 5.91 Å². The van der Waals surface area contributed by atoms with Gasteiger partial charge in [0, 0.05) is 6.42 Å². The summed E-state index contributed by atoms with van der Waals surface area (Å²) in [6.07, 6.45) is 67.0. The van der Waals surface area contributed by atoms with E-state index in [9.17, 15) is 30.3 Å². The number of carbonyl (C=O) groups is 1. The lowest BCUT2D eigenvalue weighted by atomic mass is 9.99. The molecule has 77 heavy (non-hydrogen) atoms. The smallest absolute Gasteiger partial charge is 0.220 e. The molecule has 1 aliphatic heterocycles. The minimum absolute atomic E-state index is 0.132. The van der Waals surface area contributed by atoms with Crippen LogP contribution in [0.5, 0.6) is 0 Å². The summed E-state index contributed by atoms with van der Waals surface area (Å²) in [5.74, 6) is -0.135. The molecular weight excluding hydrogens is 959 g/mol. The SMILES string of the molecule is CCCCCCCCCC/C=C\CCCCCCCCCCCCCCCCCCCCCC(=O)NC(COC1OC(CO)C(O)C(O)C1O)C(O)CCCCCCCCCCCCCCCCCCCCCCCCC. The molecule has 1 rings (SSSR count). The van der Waals surface area contributed by atoms with Gasteiger partial charge in [-0.3, -0.25) is 4.79 Å². The Kier molecular flexibility index (Phi) is 55.8. The van der Waals surface area contributed by atoms with Crippen LogP contribution in [-0.4, -0.2) is 87.5 Å². The van der Waals surface area contributed by atoms with E-state index >= 15 is 0 Å².